The predicted molar refractivity (Wildman–Crippen MR) is 41.7 cm³/mol. The SMILES string of the molecule is CCN(CC)C1[N]CCN1. The Morgan fingerprint density at radius 2 is 2.20 bits per heavy atom. The van der Waals surface area contributed by atoms with Crippen LogP contribution in [-0.2, 0) is 0 Å². The van der Waals surface area contributed by atoms with Crippen LogP contribution in [0.5, 0.6) is 0 Å². The molecule has 1 aliphatic heterocycles. The van der Waals surface area contributed by atoms with Crippen LogP contribution in [0.2, 0.25) is 0 Å². The zero-order valence-electron chi connectivity index (χ0n) is 6.80. The minimum Gasteiger partial charge on any atom is -0.287 e. The molecular formula is C7H16N3. The van der Waals surface area contributed by atoms with E-state index in [-0.39, 0.29) is 0 Å². The minimum absolute atomic E-state index is 0.301. The molecule has 0 saturated carbocycles. The molecule has 1 unspecified atom stereocenters. The van der Waals surface area contributed by atoms with Gasteiger partial charge in [-0.1, -0.05) is 13.8 Å². The molecule has 10 heavy (non-hydrogen) atoms. The summed E-state index contributed by atoms with van der Waals surface area (Å²) in [6.07, 6.45) is 0.301. The normalized spacial score (nSPS) is 20.7. The Kier molecular flexibility index (Phi) is 3.12. The molecule has 1 aliphatic rings. The van der Waals surface area contributed by atoms with Gasteiger partial charge in [-0.05, 0) is 13.1 Å². The summed E-state index contributed by atoms with van der Waals surface area (Å²) >= 11 is 0. The first-order valence-corrected chi connectivity index (χ1v) is 4.02. The second kappa shape index (κ2) is 3.91. The molecule has 1 fully saturated rings. The first kappa shape index (κ1) is 7.98. The molecule has 0 aromatic heterocycles. The second-order valence-electron chi connectivity index (χ2n) is 2.46. The average molecular weight is 142 g/mol. The van der Waals surface area contributed by atoms with Crippen LogP contribution in [-0.4, -0.2) is 37.4 Å². The highest BCUT2D eigenvalue weighted by Crippen LogP contribution is 1.96. The van der Waals surface area contributed by atoms with Crippen molar-refractivity contribution in [3.05, 3.63) is 0 Å². The fraction of sp³-hybridized carbons (Fsp3) is 1.00. The van der Waals surface area contributed by atoms with Gasteiger partial charge in [-0.3, -0.25) is 10.2 Å². The quantitative estimate of drug-likeness (QED) is 0.592. The Bertz CT molecular complexity index is 84.9. The summed E-state index contributed by atoms with van der Waals surface area (Å²) in [7, 11) is 0. The molecule has 0 bridgehead atoms. The van der Waals surface area contributed by atoms with Gasteiger partial charge in [0.1, 0.15) is 6.29 Å². The lowest BCUT2D eigenvalue weighted by Gasteiger charge is -2.24. The van der Waals surface area contributed by atoms with Crippen molar-refractivity contribution >= 4 is 0 Å². The molecule has 3 heteroatoms. The first-order chi connectivity index (χ1) is 4.88. The molecule has 0 aromatic carbocycles. The van der Waals surface area contributed by atoms with Crippen LogP contribution in [0.15, 0.2) is 0 Å². The molecule has 1 saturated heterocycles. The Hall–Kier alpha value is -0.120. The highest BCUT2D eigenvalue weighted by Gasteiger charge is 2.18. The smallest absolute Gasteiger partial charge is 0.130 e. The summed E-state index contributed by atoms with van der Waals surface area (Å²) in [5.41, 5.74) is 0. The summed E-state index contributed by atoms with van der Waals surface area (Å²) in [5, 5.41) is 7.71. The number of hydrogen-bond acceptors (Lipinski definition) is 2. The van der Waals surface area contributed by atoms with Gasteiger partial charge in [-0.25, -0.2) is 5.32 Å². The fourth-order valence-corrected chi connectivity index (χ4v) is 1.26. The van der Waals surface area contributed by atoms with E-state index in [4.69, 9.17) is 0 Å². The van der Waals surface area contributed by atoms with Crippen LogP contribution >= 0.6 is 0 Å². The molecule has 1 heterocycles. The van der Waals surface area contributed by atoms with Gasteiger partial charge in [0.05, 0.1) is 0 Å². The van der Waals surface area contributed by atoms with Gasteiger partial charge in [0.25, 0.3) is 0 Å². The highest BCUT2D eigenvalue weighted by molar-refractivity contribution is 4.71. The van der Waals surface area contributed by atoms with Gasteiger partial charge < -0.3 is 0 Å². The van der Waals surface area contributed by atoms with E-state index in [2.05, 4.69) is 29.4 Å². The van der Waals surface area contributed by atoms with Gasteiger partial charge in [-0.2, -0.15) is 0 Å². The van der Waals surface area contributed by atoms with E-state index in [1.165, 1.54) is 0 Å². The van der Waals surface area contributed by atoms with Crippen molar-refractivity contribution in [2.24, 2.45) is 0 Å². The van der Waals surface area contributed by atoms with Crippen LogP contribution in [0, 0.1) is 0 Å². The summed E-state index contributed by atoms with van der Waals surface area (Å²) in [5.74, 6) is 0. The lowest BCUT2D eigenvalue weighted by Crippen LogP contribution is -2.45. The van der Waals surface area contributed by atoms with E-state index in [1.54, 1.807) is 0 Å². The Balaban J connectivity index is 2.29. The van der Waals surface area contributed by atoms with Gasteiger partial charge in [0.15, 0.2) is 0 Å². The molecule has 1 N–H and O–H groups in total. The van der Waals surface area contributed by atoms with Crippen LogP contribution in [0.1, 0.15) is 13.8 Å². The third-order valence-electron chi connectivity index (χ3n) is 1.90. The van der Waals surface area contributed by atoms with Crippen molar-refractivity contribution in [2.45, 2.75) is 20.1 Å². The molecule has 1 atom stereocenters. The Labute approximate surface area is 62.8 Å². The van der Waals surface area contributed by atoms with Crippen LogP contribution in [0.25, 0.3) is 0 Å². The lowest BCUT2D eigenvalue weighted by atomic mass is 10.5. The van der Waals surface area contributed by atoms with Gasteiger partial charge in [-0.15, -0.1) is 0 Å². The first-order valence-electron chi connectivity index (χ1n) is 4.02. The second-order valence-corrected chi connectivity index (χ2v) is 2.46. The van der Waals surface area contributed by atoms with Gasteiger partial charge in [0, 0.05) is 13.1 Å². The van der Waals surface area contributed by atoms with Crippen molar-refractivity contribution < 1.29 is 0 Å². The maximum Gasteiger partial charge on any atom is 0.130 e. The molecule has 0 spiro atoms. The molecule has 0 amide bonds. The number of nitrogens with one attached hydrogen (secondary N) is 1. The van der Waals surface area contributed by atoms with E-state index < -0.39 is 0 Å². The summed E-state index contributed by atoms with van der Waals surface area (Å²) in [4.78, 5) is 2.31. The van der Waals surface area contributed by atoms with Crippen molar-refractivity contribution in [1.29, 1.82) is 0 Å². The largest absolute Gasteiger partial charge is 0.287 e. The maximum atomic E-state index is 4.39. The molecule has 59 valence electrons. The van der Waals surface area contributed by atoms with Crippen molar-refractivity contribution in [3.63, 3.8) is 0 Å². The molecule has 1 radical (unpaired) electrons. The van der Waals surface area contributed by atoms with E-state index >= 15 is 0 Å². The molecule has 3 nitrogen and oxygen atoms in total. The van der Waals surface area contributed by atoms with Gasteiger partial charge >= 0.3 is 0 Å². The van der Waals surface area contributed by atoms with E-state index in [0.29, 0.717) is 6.29 Å². The number of hydrogen-bond donors (Lipinski definition) is 1. The van der Waals surface area contributed by atoms with Crippen molar-refractivity contribution in [3.8, 4) is 0 Å². The third-order valence-corrected chi connectivity index (χ3v) is 1.90. The fourth-order valence-electron chi connectivity index (χ4n) is 1.26. The molecule has 0 aliphatic carbocycles. The highest BCUT2D eigenvalue weighted by atomic mass is 15.4. The zero-order valence-corrected chi connectivity index (χ0v) is 6.80. The molecular weight excluding hydrogens is 126 g/mol. The maximum absolute atomic E-state index is 4.39. The van der Waals surface area contributed by atoms with Crippen LogP contribution < -0.4 is 10.6 Å². The van der Waals surface area contributed by atoms with E-state index in [1.807, 2.05) is 0 Å². The topological polar surface area (TPSA) is 29.4 Å². The van der Waals surface area contributed by atoms with Crippen LogP contribution in [0.3, 0.4) is 0 Å². The van der Waals surface area contributed by atoms with Crippen molar-refractivity contribution in [2.75, 3.05) is 26.2 Å². The monoisotopic (exact) mass is 142 g/mol. The van der Waals surface area contributed by atoms with E-state index in [0.717, 1.165) is 26.2 Å². The summed E-state index contributed by atoms with van der Waals surface area (Å²) < 4.78 is 0. The molecule has 1 rings (SSSR count). The Morgan fingerprint density at radius 1 is 1.50 bits per heavy atom. The van der Waals surface area contributed by atoms with Crippen LogP contribution in [0.4, 0.5) is 0 Å². The standard InChI is InChI=1S/C7H16N3/c1-3-10(4-2)7-8-5-6-9-7/h7-8H,3-6H2,1-2H3. The average Bonchev–Trinajstić information content (AvgIpc) is 2.43. The van der Waals surface area contributed by atoms with Gasteiger partial charge in [0.2, 0.25) is 0 Å². The third kappa shape index (κ3) is 1.68. The number of nitrogens with zero attached hydrogens (tertiary/aromatic N) is 2. The minimum atomic E-state index is 0.301. The Morgan fingerprint density at radius 3 is 2.60 bits per heavy atom. The summed E-state index contributed by atoms with van der Waals surface area (Å²) in [6, 6.07) is 0. The number of rotatable bonds is 3. The predicted octanol–water partition coefficient (Wildman–Crippen LogP) is -0.181. The summed E-state index contributed by atoms with van der Waals surface area (Å²) in [6.45, 7) is 8.51. The molecule has 0 aromatic rings. The van der Waals surface area contributed by atoms with E-state index in [9.17, 15) is 0 Å². The zero-order chi connectivity index (χ0) is 7.40. The lowest BCUT2D eigenvalue weighted by molar-refractivity contribution is 0.179. The van der Waals surface area contributed by atoms with Crippen molar-refractivity contribution in [1.82, 2.24) is 15.5 Å².